The summed E-state index contributed by atoms with van der Waals surface area (Å²) in [5.41, 5.74) is 1.97. The molecule has 0 saturated heterocycles. The van der Waals surface area contributed by atoms with Crippen molar-refractivity contribution in [3.8, 4) is 0 Å². The Balaban J connectivity index is 2.94. The summed E-state index contributed by atoms with van der Waals surface area (Å²) >= 11 is 5.86. The highest BCUT2D eigenvalue weighted by atomic mass is 35.5. The van der Waals surface area contributed by atoms with Crippen molar-refractivity contribution in [2.24, 2.45) is 7.05 Å². The van der Waals surface area contributed by atoms with E-state index >= 15 is 0 Å². The summed E-state index contributed by atoms with van der Waals surface area (Å²) in [6.07, 6.45) is 0. The van der Waals surface area contributed by atoms with Crippen LogP contribution in [0, 0.1) is 6.92 Å². The van der Waals surface area contributed by atoms with Gasteiger partial charge in [-0.15, -0.1) is 0 Å². The van der Waals surface area contributed by atoms with E-state index in [4.69, 9.17) is 16.7 Å². The third-order valence-electron chi connectivity index (χ3n) is 2.56. The number of aromatic carboxylic acids is 1. The predicted molar refractivity (Wildman–Crippen MR) is 59.6 cm³/mol. The molecule has 1 heterocycles. The van der Waals surface area contributed by atoms with Crippen molar-refractivity contribution in [2.45, 2.75) is 6.92 Å². The van der Waals surface area contributed by atoms with Gasteiger partial charge in [0.2, 0.25) is 0 Å². The molecule has 0 radical (unpaired) electrons. The van der Waals surface area contributed by atoms with Crippen LogP contribution in [0.3, 0.4) is 0 Å². The number of benzene rings is 1. The van der Waals surface area contributed by atoms with Crippen LogP contribution in [-0.2, 0) is 7.05 Å². The Labute approximate surface area is 91.9 Å². The van der Waals surface area contributed by atoms with Gasteiger partial charge in [0.05, 0.1) is 11.1 Å². The molecule has 1 aromatic carbocycles. The summed E-state index contributed by atoms with van der Waals surface area (Å²) in [4.78, 5) is 11.1. The second-order valence-corrected chi connectivity index (χ2v) is 3.98. The Kier molecular flexibility index (Phi) is 2.20. The van der Waals surface area contributed by atoms with Crippen molar-refractivity contribution in [3.63, 3.8) is 0 Å². The van der Waals surface area contributed by atoms with Gasteiger partial charge in [0, 0.05) is 23.2 Å². The van der Waals surface area contributed by atoms with Gasteiger partial charge in [0.15, 0.2) is 0 Å². The maximum absolute atomic E-state index is 11.1. The van der Waals surface area contributed by atoms with Gasteiger partial charge in [-0.2, -0.15) is 0 Å². The molecule has 0 saturated carbocycles. The maximum Gasteiger partial charge on any atom is 0.337 e. The molecule has 15 heavy (non-hydrogen) atoms. The molecule has 1 N–H and O–H groups in total. The molecule has 3 nitrogen and oxygen atoms in total. The molecular formula is C11H10ClNO2. The van der Waals surface area contributed by atoms with Gasteiger partial charge in [0.25, 0.3) is 0 Å². The van der Waals surface area contributed by atoms with Crippen LogP contribution in [0.1, 0.15) is 16.1 Å². The number of rotatable bonds is 1. The summed E-state index contributed by atoms with van der Waals surface area (Å²) in [5.74, 6) is -0.955. The van der Waals surface area contributed by atoms with E-state index in [1.165, 1.54) is 6.07 Å². The average Bonchev–Trinajstić information content (AvgIpc) is 2.41. The average molecular weight is 224 g/mol. The fourth-order valence-corrected chi connectivity index (χ4v) is 1.99. The summed E-state index contributed by atoms with van der Waals surface area (Å²) in [6.45, 7) is 1.93. The number of halogens is 1. The third-order valence-corrected chi connectivity index (χ3v) is 2.78. The largest absolute Gasteiger partial charge is 0.478 e. The normalized spacial score (nSPS) is 10.9. The molecule has 4 heteroatoms. The van der Waals surface area contributed by atoms with Crippen LogP contribution in [0.2, 0.25) is 5.02 Å². The third kappa shape index (κ3) is 1.49. The zero-order valence-corrected chi connectivity index (χ0v) is 9.17. The van der Waals surface area contributed by atoms with Gasteiger partial charge in [-0.1, -0.05) is 11.6 Å². The number of carbonyl (C=O) groups is 1. The molecule has 0 unspecified atom stereocenters. The number of aromatic nitrogens is 1. The number of nitrogens with zero attached hydrogens (tertiary/aromatic N) is 1. The molecule has 2 aromatic rings. The lowest BCUT2D eigenvalue weighted by atomic mass is 10.1. The minimum Gasteiger partial charge on any atom is -0.478 e. The molecule has 0 bridgehead atoms. The Bertz CT molecular complexity index is 557. The summed E-state index contributed by atoms with van der Waals surface area (Å²) in [7, 11) is 1.85. The molecule has 0 atom stereocenters. The Morgan fingerprint density at radius 2 is 2.07 bits per heavy atom. The minimum absolute atomic E-state index is 0.244. The zero-order chi connectivity index (χ0) is 11.2. The van der Waals surface area contributed by atoms with Gasteiger partial charge >= 0.3 is 5.97 Å². The van der Waals surface area contributed by atoms with Crippen molar-refractivity contribution in [1.29, 1.82) is 0 Å². The van der Waals surface area contributed by atoms with Crippen LogP contribution in [0.25, 0.3) is 10.9 Å². The minimum atomic E-state index is -0.955. The van der Waals surface area contributed by atoms with E-state index in [-0.39, 0.29) is 5.56 Å². The highest BCUT2D eigenvalue weighted by Crippen LogP contribution is 2.26. The van der Waals surface area contributed by atoms with Crippen LogP contribution in [0.5, 0.6) is 0 Å². The van der Waals surface area contributed by atoms with Gasteiger partial charge in [-0.05, 0) is 25.1 Å². The molecule has 0 aliphatic heterocycles. The quantitative estimate of drug-likeness (QED) is 0.808. The first-order chi connectivity index (χ1) is 7.00. The van der Waals surface area contributed by atoms with Crippen LogP contribution in [0.15, 0.2) is 18.2 Å². The second kappa shape index (κ2) is 3.28. The van der Waals surface area contributed by atoms with E-state index < -0.39 is 5.97 Å². The van der Waals surface area contributed by atoms with Crippen molar-refractivity contribution in [2.75, 3.05) is 0 Å². The maximum atomic E-state index is 11.1. The number of hydrogen-bond acceptors (Lipinski definition) is 1. The first-order valence-corrected chi connectivity index (χ1v) is 4.87. The lowest BCUT2D eigenvalue weighted by Crippen LogP contribution is -2.01. The first kappa shape index (κ1) is 10.1. The SMILES string of the molecule is Cc1cc2cc(Cl)cc(C(=O)O)c2n1C. The van der Waals surface area contributed by atoms with Crippen LogP contribution >= 0.6 is 11.6 Å². The lowest BCUT2D eigenvalue weighted by molar-refractivity contribution is 0.0698. The Morgan fingerprint density at radius 1 is 1.40 bits per heavy atom. The predicted octanol–water partition coefficient (Wildman–Crippen LogP) is 2.84. The Morgan fingerprint density at radius 3 is 2.67 bits per heavy atom. The summed E-state index contributed by atoms with van der Waals surface area (Å²) < 4.78 is 1.86. The molecule has 0 fully saturated rings. The van der Waals surface area contributed by atoms with Gasteiger partial charge in [-0.3, -0.25) is 0 Å². The van der Waals surface area contributed by atoms with E-state index in [9.17, 15) is 4.79 Å². The number of carboxylic acid groups (broad SMARTS) is 1. The van der Waals surface area contributed by atoms with Crippen LogP contribution < -0.4 is 0 Å². The Hall–Kier alpha value is -1.48. The topological polar surface area (TPSA) is 42.2 Å². The molecule has 1 aromatic heterocycles. The zero-order valence-electron chi connectivity index (χ0n) is 8.41. The summed E-state index contributed by atoms with van der Waals surface area (Å²) in [6, 6.07) is 5.18. The van der Waals surface area contributed by atoms with E-state index in [1.807, 2.05) is 24.6 Å². The van der Waals surface area contributed by atoms with E-state index in [0.29, 0.717) is 10.5 Å². The van der Waals surface area contributed by atoms with Crippen molar-refractivity contribution in [3.05, 3.63) is 34.5 Å². The molecular weight excluding hydrogens is 214 g/mol. The molecule has 0 aliphatic rings. The fourth-order valence-electron chi connectivity index (χ4n) is 1.77. The lowest BCUT2D eigenvalue weighted by Gasteiger charge is -2.03. The number of aryl methyl sites for hydroxylation is 2. The molecule has 2 rings (SSSR count). The van der Waals surface area contributed by atoms with E-state index in [2.05, 4.69) is 0 Å². The summed E-state index contributed by atoms with van der Waals surface area (Å²) in [5, 5.41) is 10.4. The molecule has 78 valence electrons. The molecule has 0 aliphatic carbocycles. The van der Waals surface area contributed by atoms with Crippen molar-refractivity contribution < 1.29 is 9.90 Å². The van der Waals surface area contributed by atoms with E-state index in [0.717, 1.165) is 11.1 Å². The smallest absolute Gasteiger partial charge is 0.337 e. The number of carboxylic acids is 1. The highest BCUT2D eigenvalue weighted by Gasteiger charge is 2.14. The monoisotopic (exact) mass is 223 g/mol. The van der Waals surface area contributed by atoms with Gasteiger partial charge in [0.1, 0.15) is 0 Å². The second-order valence-electron chi connectivity index (χ2n) is 3.54. The van der Waals surface area contributed by atoms with Gasteiger partial charge < -0.3 is 9.67 Å². The first-order valence-electron chi connectivity index (χ1n) is 4.49. The fraction of sp³-hybridized carbons (Fsp3) is 0.182. The standard InChI is InChI=1S/C11H10ClNO2/c1-6-3-7-4-8(12)5-9(11(14)15)10(7)13(6)2/h3-5H,1-2H3,(H,14,15). The van der Waals surface area contributed by atoms with Crippen molar-refractivity contribution in [1.82, 2.24) is 4.57 Å². The van der Waals surface area contributed by atoms with Gasteiger partial charge in [-0.25, -0.2) is 4.79 Å². The number of fused-ring (bicyclic) bond motifs is 1. The highest BCUT2D eigenvalue weighted by molar-refractivity contribution is 6.32. The van der Waals surface area contributed by atoms with Crippen LogP contribution in [0.4, 0.5) is 0 Å². The molecule has 0 amide bonds. The van der Waals surface area contributed by atoms with Crippen LogP contribution in [-0.4, -0.2) is 15.6 Å². The van der Waals surface area contributed by atoms with Crippen molar-refractivity contribution >= 4 is 28.5 Å². The van der Waals surface area contributed by atoms with E-state index in [1.54, 1.807) is 6.07 Å². The number of hydrogen-bond donors (Lipinski definition) is 1. The molecule has 0 spiro atoms.